The van der Waals surface area contributed by atoms with Gasteiger partial charge in [-0.2, -0.15) is 0 Å². The van der Waals surface area contributed by atoms with Gasteiger partial charge in [0.15, 0.2) is 0 Å². The summed E-state index contributed by atoms with van der Waals surface area (Å²) in [7, 11) is 4.02. The lowest BCUT2D eigenvalue weighted by molar-refractivity contribution is 0.343. The third-order valence-electron chi connectivity index (χ3n) is 1.83. The molecule has 1 aromatic rings. The van der Waals surface area contributed by atoms with Crippen LogP contribution in [0.15, 0.2) is 30.3 Å². The van der Waals surface area contributed by atoms with Crippen LogP contribution in [0, 0.1) is 0 Å². The van der Waals surface area contributed by atoms with E-state index in [1.165, 1.54) is 5.69 Å². The monoisotopic (exact) mass is 177 g/mol. The zero-order valence-electron chi connectivity index (χ0n) is 8.07. The number of aliphatic hydroxyl groups is 1. The number of nitrogens with zero attached hydrogens (tertiary/aromatic N) is 1. The lowest BCUT2D eigenvalue weighted by Crippen LogP contribution is -2.07. The molecule has 0 aliphatic rings. The van der Waals surface area contributed by atoms with Crippen LogP contribution in [0.5, 0.6) is 0 Å². The normalized spacial score (nSPS) is 10.7. The van der Waals surface area contributed by atoms with Gasteiger partial charge in [-0.25, -0.2) is 0 Å². The minimum Gasteiger partial charge on any atom is -0.392 e. The Balaban J connectivity index is 2.75. The first-order valence-corrected chi connectivity index (χ1v) is 4.29. The summed E-state index contributed by atoms with van der Waals surface area (Å²) in [5.41, 5.74) is 2.29. The van der Waals surface area contributed by atoms with Crippen LogP contribution in [0.1, 0.15) is 5.56 Å². The summed E-state index contributed by atoms with van der Waals surface area (Å²) < 4.78 is 0. The summed E-state index contributed by atoms with van der Waals surface area (Å²) in [6.07, 6.45) is 3.63. The summed E-state index contributed by atoms with van der Waals surface area (Å²) in [5, 5.41) is 8.58. The number of aliphatic hydroxyl groups excluding tert-OH is 1. The van der Waals surface area contributed by atoms with E-state index in [0.717, 1.165) is 5.56 Å². The Kier molecular flexibility index (Phi) is 3.53. The van der Waals surface area contributed by atoms with Gasteiger partial charge in [-0.3, -0.25) is 0 Å². The van der Waals surface area contributed by atoms with Crippen molar-refractivity contribution < 1.29 is 5.11 Å². The van der Waals surface area contributed by atoms with Crippen molar-refractivity contribution in [3.8, 4) is 0 Å². The number of rotatable bonds is 3. The highest BCUT2D eigenvalue weighted by molar-refractivity contribution is 5.55. The van der Waals surface area contributed by atoms with Crippen LogP contribution in [0.3, 0.4) is 0 Å². The van der Waals surface area contributed by atoms with Gasteiger partial charge in [-0.05, 0) is 17.7 Å². The second-order valence-corrected chi connectivity index (χ2v) is 3.07. The molecule has 0 aliphatic carbocycles. The molecule has 1 N–H and O–H groups in total. The van der Waals surface area contributed by atoms with E-state index in [-0.39, 0.29) is 6.61 Å². The topological polar surface area (TPSA) is 23.5 Å². The van der Waals surface area contributed by atoms with Gasteiger partial charge in [0.1, 0.15) is 0 Å². The van der Waals surface area contributed by atoms with Gasteiger partial charge in [-0.1, -0.05) is 24.3 Å². The highest BCUT2D eigenvalue weighted by atomic mass is 16.2. The van der Waals surface area contributed by atoms with Gasteiger partial charge in [0.2, 0.25) is 0 Å². The molecule has 0 spiro atoms. The summed E-state index contributed by atoms with van der Waals surface area (Å²) in [4.78, 5) is 2.06. The fraction of sp³-hybridized carbons (Fsp3) is 0.273. The Bertz CT molecular complexity index is 275. The van der Waals surface area contributed by atoms with Gasteiger partial charge in [0.05, 0.1) is 6.61 Å². The van der Waals surface area contributed by atoms with Gasteiger partial charge >= 0.3 is 0 Å². The number of hydrogen-bond acceptors (Lipinski definition) is 2. The molecule has 0 fully saturated rings. The summed E-state index contributed by atoms with van der Waals surface area (Å²) in [5.74, 6) is 0. The minimum absolute atomic E-state index is 0.0927. The molecule has 0 unspecified atom stereocenters. The Morgan fingerprint density at radius 1 is 1.23 bits per heavy atom. The highest BCUT2D eigenvalue weighted by Crippen LogP contribution is 2.12. The number of anilines is 1. The summed E-state index contributed by atoms with van der Waals surface area (Å²) in [6.45, 7) is 0.0927. The summed E-state index contributed by atoms with van der Waals surface area (Å²) >= 11 is 0. The van der Waals surface area contributed by atoms with Crippen LogP contribution < -0.4 is 4.90 Å². The first-order valence-electron chi connectivity index (χ1n) is 4.29. The molecular formula is C11H15NO. The van der Waals surface area contributed by atoms with Crippen LogP contribution >= 0.6 is 0 Å². The van der Waals surface area contributed by atoms with Crippen LogP contribution in [-0.4, -0.2) is 25.8 Å². The largest absolute Gasteiger partial charge is 0.392 e. The average molecular weight is 177 g/mol. The Morgan fingerprint density at radius 2 is 1.85 bits per heavy atom. The maximum absolute atomic E-state index is 8.58. The van der Waals surface area contributed by atoms with Gasteiger partial charge in [0.25, 0.3) is 0 Å². The van der Waals surface area contributed by atoms with Gasteiger partial charge < -0.3 is 10.0 Å². The minimum atomic E-state index is 0.0927. The van der Waals surface area contributed by atoms with Crippen molar-refractivity contribution in [2.75, 3.05) is 25.6 Å². The van der Waals surface area contributed by atoms with E-state index in [2.05, 4.69) is 17.0 Å². The van der Waals surface area contributed by atoms with Crippen molar-refractivity contribution in [1.82, 2.24) is 0 Å². The molecular weight excluding hydrogens is 162 g/mol. The molecule has 0 aliphatic heterocycles. The molecule has 0 bridgehead atoms. The molecule has 0 saturated heterocycles. The maximum atomic E-state index is 8.58. The quantitative estimate of drug-likeness (QED) is 0.760. The Morgan fingerprint density at radius 3 is 2.31 bits per heavy atom. The third-order valence-corrected chi connectivity index (χ3v) is 1.83. The average Bonchev–Trinajstić information content (AvgIpc) is 2.15. The van der Waals surface area contributed by atoms with E-state index in [4.69, 9.17) is 5.11 Å². The Labute approximate surface area is 79.1 Å². The van der Waals surface area contributed by atoms with Gasteiger partial charge in [-0.15, -0.1) is 0 Å². The predicted octanol–water partition coefficient (Wildman–Crippen LogP) is 1.76. The predicted molar refractivity (Wildman–Crippen MR) is 56.9 cm³/mol. The molecule has 0 atom stereocenters. The SMILES string of the molecule is CN(C)c1ccc(C=CCO)cc1. The van der Waals surface area contributed by atoms with Crippen molar-refractivity contribution in [2.45, 2.75) is 0 Å². The molecule has 0 heterocycles. The van der Waals surface area contributed by atoms with Crippen molar-refractivity contribution in [1.29, 1.82) is 0 Å². The third kappa shape index (κ3) is 2.92. The fourth-order valence-electron chi connectivity index (χ4n) is 1.07. The van der Waals surface area contributed by atoms with Gasteiger partial charge in [0, 0.05) is 19.8 Å². The van der Waals surface area contributed by atoms with E-state index < -0.39 is 0 Å². The second-order valence-electron chi connectivity index (χ2n) is 3.07. The van der Waals surface area contributed by atoms with E-state index in [1.807, 2.05) is 32.3 Å². The number of benzene rings is 1. The van der Waals surface area contributed by atoms with E-state index in [9.17, 15) is 0 Å². The zero-order valence-corrected chi connectivity index (χ0v) is 8.07. The smallest absolute Gasteiger partial charge is 0.0615 e. The van der Waals surface area contributed by atoms with Crippen LogP contribution in [-0.2, 0) is 0 Å². The van der Waals surface area contributed by atoms with E-state index >= 15 is 0 Å². The first kappa shape index (κ1) is 9.81. The molecule has 13 heavy (non-hydrogen) atoms. The maximum Gasteiger partial charge on any atom is 0.0615 e. The molecule has 0 saturated carbocycles. The fourth-order valence-corrected chi connectivity index (χ4v) is 1.07. The van der Waals surface area contributed by atoms with Crippen molar-refractivity contribution in [2.24, 2.45) is 0 Å². The molecule has 2 heteroatoms. The van der Waals surface area contributed by atoms with Crippen molar-refractivity contribution >= 4 is 11.8 Å². The lowest BCUT2D eigenvalue weighted by atomic mass is 10.2. The van der Waals surface area contributed by atoms with Crippen molar-refractivity contribution in [3.63, 3.8) is 0 Å². The highest BCUT2D eigenvalue weighted by Gasteiger charge is 1.92. The van der Waals surface area contributed by atoms with Crippen LogP contribution in [0.4, 0.5) is 5.69 Å². The standard InChI is InChI=1S/C11H15NO/c1-12(2)11-7-5-10(6-8-11)4-3-9-13/h3-8,13H,9H2,1-2H3. The van der Waals surface area contributed by atoms with Crippen LogP contribution in [0.25, 0.3) is 6.08 Å². The molecule has 2 nitrogen and oxygen atoms in total. The molecule has 0 amide bonds. The van der Waals surface area contributed by atoms with Crippen LogP contribution in [0.2, 0.25) is 0 Å². The lowest BCUT2D eigenvalue weighted by Gasteiger charge is -2.11. The zero-order chi connectivity index (χ0) is 9.68. The van der Waals surface area contributed by atoms with E-state index in [0.29, 0.717) is 0 Å². The molecule has 70 valence electrons. The number of hydrogen-bond donors (Lipinski definition) is 1. The van der Waals surface area contributed by atoms with Crippen molar-refractivity contribution in [3.05, 3.63) is 35.9 Å². The molecule has 0 aromatic heterocycles. The summed E-state index contributed by atoms with van der Waals surface area (Å²) in [6, 6.07) is 8.16. The molecule has 0 radical (unpaired) electrons. The first-order chi connectivity index (χ1) is 6.24. The molecule has 1 aromatic carbocycles. The van der Waals surface area contributed by atoms with E-state index in [1.54, 1.807) is 6.08 Å². The Hall–Kier alpha value is -1.28. The second kappa shape index (κ2) is 4.67. The molecule has 1 rings (SSSR count).